The first kappa shape index (κ1) is 10.3. The second-order valence-electron chi connectivity index (χ2n) is 3.30. The third-order valence-corrected chi connectivity index (χ3v) is 2.66. The van der Waals surface area contributed by atoms with E-state index in [2.05, 4.69) is 17.1 Å². The highest BCUT2D eigenvalue weighted by molar-refractivity contribution is 5.23. The quantitative estimate of drug-likeness (QED) is 0.706. The maximum absolute atomic E-state index is 4.08. The molecule has 74 valence electrons. The molecule has 1 atom stereocenters. The van der Waals surface area contributed by atoms with Gasteiger partial charge in [0.2, 0.25) is 0 Å². The summed E-state index contributed by atoms with van der Waals surface area (Å²) in [7, 11) is 0. The second kappa shape index (κ2) is 5.05. The van der Waals surface area contributed by atoms with Crippen molar-refractivity contribution < 1.29 is 0 Å². The molecular formula is C11H20N2. The summed E-state index contributed by atoms with van der Waals surface area (Å²) < 4.78 is 0. The van der Waals surface area contributed by atoms with Crippen molar-refractivity contribution in [3.05, 3.63) is 17.5 Å². The van der Waals surface area contributed by atoms with Gasteiger partial charge in [0.25, 0.3) is 0 Å². The summed E-state index contributed by atoms with van der Waals surface area (Å²) >= 11 is 0. The minimum Gasteiger partial charge on any atom is -0.282 e. The number of nitrogens with one attached hydrogen (secondary N) is 1. The topological polar surface area (TPSA) is 28.7 Å². The molecule has 1 heterocycles. The summed E-state index contributed by atoms with van der Waals surface area (Å²) in [6.07, 6.45) is 7.14. The predicted molar refractivity (Wildman–Crippen MR) is 55.9 cm³/mol. The highest BCUT2D eigenvalue weighted by atomic mass is 15.1. The molecular weight excluding hydrogens is 160 g/mol. The van der Waals surface area contributed by atoms with Crippen molar-refractivity contribution in [2.45, 2.75) is 52.4 Å². The van der Waals surface area contributed by atoms with Crippen molar-refractivity contribution in [2.75, 3.05) is 0 Å². The summed E-state index contributed by atoms with van der Waals surface area (Å²) in [6, 6.07) is 0. The molecule has 1 aromatic rings. The van der Waals surface area contributed by atoms with Crippen LogP contribution in [0.4, 0.5) is 0 Å². The molecule has 1 N–H and O–H groups in total. The maximum atomic E-state index is 4.08. The van der Waals surface area contributed by atoms with Crippen LogP contribution < -0.4 is 0 Å². The van der Waals surface area contributed by atoms with Gasteiger partial charge in [0.05, 0.1) is 6.20 Å². The van der Waals surface area contributed by atoms with Crippen molar-refractivity contribution in [1.29, 1.82) is 0 Å². The summed E-state index contributed by atoms with van der Waals surface area (Å²) in [5.74, 6) is 0.775. The van der Waals surface area contributed by atoms with Crippen molar-refractivity contribution >= 4 is 0 Å². The molecule has 1 unspecified atom stereocenters. The van der Waals surface area contributed by atoms with Crippen molar-refractivity contribution in [3.8, 4) is 0 Å². The zero-order valence-electron chi connectivity index (χ0n) is 8.93. The molecule has 2 heteroatoms. The van der Waals surface area contributed by atoms with Gasteiger partial charge < -0.3 is 0 Å². The molecule has 0 saturated heterocycles. The van der Waals surface area contributed by atoms with Gasteiger partial charge in [-0.3, -0.25) is 5.10 Å². The highest BCUT2D eigenvalue weighted by Crippen LogP contribution is 2.31. The zero-order chi connectivity index (χ0) is 9.68. The van der Waals surface area contributed by atoms with E-state index in [0.29, 0.717) is 0 Å². The van der Waals surface area contributed by atoms with E-state index < -0.39 is 0 Å². The standard InChI is InChI=1S/C9H14N2.C2H6/c1-2-7-4-3-5-9-8(7)6-10-11-9;1-2/h6-7H,2-5H2,1H3,(H,10,11);1-2H3. The van der Waals surface area contributed by atoms with Crippen LogP contribution in [0.1, 0.15) is 57.2 Å². The molecule has 0 saturated carbocycles. The number of nitrogens with zero attached hydrogens (tertiary/aromatic N) is 1. The first-order chi connectivity index (χ1) is 6.42. The molecule has 1 aliphatic rings. The number of aromatic amines is 1. The van der Waals surface area contributed by atoms with E-state index in [0.717, 1.165) is 5.92 Å². The van der Waals surface area contributed by atoms with Gasteiger partial charge in [-0.2, -0.15) is 5.10 Å². The molecule has 1 aliphatic carbocycles. The van der Waals surface area contributed by atoms with Gasteiger partial charge in [-0.1, -0.05) is 20.8 Å². The number of fused-ring (bicyclic) bond motifs is 1. The Morgan fingerprint density at radius 1 is 1.54 bits per heavy atom. The molecule has 0 radical (unpaired) electrons. The normalized spacial score (nSPS) is 20.1. The van der Waals surface area contributed by atoms with Crippen LogP contribution in [0, 0.1) is 0 Å². The average Bonchev–Trinajstić information content (AvgIpc) is 2.68. The number of aromatic nitrogens is 2. The lowest BCUT2D eigenvalue weighted by Crippen LogP contribution is -2.06. The SMILES string of the molecule is CC.CCC1CCCc2[nH]ncc21. The van der Waals surface area contributed by atoms with Crippen molar-refractivity contribution in [3.63, 3.8) is 0 Å². The van der Waals surface area contributed by atoms with Crippen LogP contribution in [-0.4, -0.2) is 10.2 Å². The Kier molecular flexibility index (Phi) is 4.00. The lowest BCUT2D eigenvalue weighted by atomic mass is 9.86. The number of aryl methyl sites for hydroxylation is 1. The molecule has 2 rings (SSSR count). The van der Waals surface area contributed by atoms with Crippen molar-refractivity contribution in [2.24, 2.45) is 0 Å². The highest BCUT2D eigenvalue weighted by Gasteiger charge is 2.19. The molecule has 0 amide bonds. The van der Waals surface area contributed by atoms with E-state index in [-0.39, 0.29) is 0 Å². The molecule has 1 aromatic heterocycles. The Bertz CT molecular complexity index is 240. The van der Waals surface area contributed by atoms with Crippen LogP contribution in [0.25, 0.3) is 0 Å². The Hall–Kier alpha value is -0.790. The van der Waals surface area contributed by atoms with Crippen molar-refractivity contribution in [1.82, 2.24) is 10.2 Å². The van der Waals surface area contributed by atoms with E-state index >= 15 is 0 Å². The fraction of sp³-hybridized carbons (Fsp3) is 0.727. The largest absolute Gasteiger partial charge is 0.282 e. The fourth-order valence-corrected chi connectivity index (χ4v) is 1.98. The number of rotatable bonds is 1. The van der Waals surface area contributed by atoms with Gasteiger partial charge in [-0.25, -0.2) is 0 Å². The van der Waals surface area contributed by atoms with Gasteiger partial charge in [-0.15, -0.1) is 0 Å². The van der Waals surface area contributed by atoms with Gasteiger partial charge in [0, 0.05) is 5.69 Å². The van der Waals surface area contributed by atoms with Crippen LogP contribution in [0.2, 0.25) is 0 Å². The number of H-pyrrole nitrogens is 1. The minimum atomic E-state index is 0.775. The van der Waals surface area contributed by atoms with Crippen LogP contribution in [0.3, 0.4) is 0 Å². The summed E-state index contributed by atoms with van der Waals surface area (Å²) in [5.41, 5.74) is 2.85. The second-order valence-corrected chi connectivity index (χ2v) is 3.30. The lowest BCUT2D eigenvalue weighted by Gasteiger charge is -2.19. The lowest BCUT2D eigenvalue weighted by molar-refractivity contribution is 0.537. The first-order valence-electron chi connectivity index (χ1n) is 5.44. The minimum absolute atomic E-state index is 0.775. The smallest absolute Gasteiger partial charge is 0.0524 e. The average molecular weight is 180 g/mol. The Labute approximate surface area is 80.7 Å². The van der Waals surface area contributed by atoms with Crippen LogP contribution >= 0.6 is 0 Å². The molecule has 0 aliphatic heterocycles. The summed E-state index contributed by atoms with van der Waals surface area (Å²) in [6.45, 7) is 6.26. The number of hydrogen-bond donors (Lipinski definition) is 1. The third kappa shape index (κ3) is 2.11. The molecule has 0 fully saturated rings. The van der Waals surface area contributed by atoms with Crippen LogP contribution in [-0.2, 0) is 6.42 Å². The molecule has 2 nitrogen and oxygen atoms in total. The monoisotopic (exact) mass is 180 g/mol. The molecule has 13 heavy (non-hydrogen) atoms. The van der Waals surface area contributed by atoms with E-state index in [9.17, 15) is 0 Å². The Balaban J connectivity index is 0.000000396. The van der Waals surface area contributed by atoms with Gasteiger partial charge in [0.1, 0.15) is 0 Å². The van der Waals surface area contributed by atoms with E-state index in [1.54, 1.807) is 0 Å². The zero-order valence-corrected chi connectivity index (χ0v) is 8.93. The van der Waals surface area contributed by atoms with E-state index in [1.807, 2.05) is 20.0 Å². The summed E-state index contributed by atoms with van der Waals surface area (Å²) in [4.78, 5) is 0. The molecule has 0 spiro atoms. The van der Waals surface area contributed by atoms with Gasteiger partial charge in [0.15, 0.2) is 0 Å². The molecule has 0 bridgehead atoms. The van der Waals surface area contributed by atoms with Gasteiger partial charge >= 0.3 is 0 Å². The Morgan fingerprint density at radius 2 is 2.31 bits per heavy atom. The molecule has 0 aromatic carbocycles. The number of hydrogen-bond acceptors (Lipinski definition) is 1. The summed E-state index contributed by atoms with van der Waals surface area (Å²) in [5, 5.41) is 7.15. The first-order valence-corrected chi connectivity index (χ1v) is 5.44. The fourth-order valence-electron chi connectivity index (χ4n) is 1.98. The Morgan fingerprint density at radius 3 is 3.00 bits per heavy atom. The van der Waals surface area contributed by atoms with E-state index in [1.165, 1.54) is 36.9 Å². The van der Waals surface area contributed by atoms with Gasteiger partial charge in [-0.05, 0) is 37.2 Å². The maximum Gasteiger partial charge on any atom is 0.0524 e. The van der Waals surface area contributed by atoms with Crippen LogP contribution in [0.15, 0.2) is 6.20 Å². The van der Waals surface area contributed by atoms with E-state index in [4.69, 9.17) is 0 Å². The third-order valence-electron chi connectivity index (χ3n) is 2.66. The van der Waals surface area contributed by atoms with Crippen LogP contribution in [0.5, 0.6) is 0 Å². The predicted octanol–water partition coefficient (Wildman–Crippen LogP) is 3.27.